The molecule has 0 radical (unpaired) electrons. The van der Waals surface area contributed by atoms with Gasteiger partial charge in [0.2, 0.25) is 0 Å². The van der Waals surface area contributed by atoms with Gasteiger partial charge in [0.1, 0.15) is 5.75 Å². The average molecular weight is 432 g/mol. The third-order valence-corrected chi connectivity index (χ3v) is 4.34. The van der Waals surface area contributed by atoms with Gasteiger partial charge in [0.25, 0.3) is 0 Å². The highest BCUT2D eigenvalue weighted by Gasteiger charge is 2.34. The lowest BCUT2D eigenvalue weighted by Crippen LogP contribution is -2.45. The van der Waals surface area contributed by atoms with Crippen LogP contribution in [0.25, 0.3) is 0 Å². The maximum Gasteiger partial charge on any atom is 0.573 e. The maximum atomic E-state index is 12.7. The number of alkyl halides is 3. The number of nitrogens with zero attached hydrogens (tertiary/aromatic N) is 1. The van der Waals surface area contributed by atoms with Crippen LogP contribution in [0.2, 0.25) is 0 Å². The molecule has 1 aliphatic heterocycles. The summed E-state index contributed by atoms with van der Waals surface area (Å²) in [6, 6.07) is 4.62. The minimum Gasteiger partial charge on any atom is -0.405 e. The molecule has 1 heterocycles. The van der Waals surface area contributed by atoms with Crippen molar-refractivity contribution in [3.8, 4) is 5.75 Å². The van der Waals surface area contributed by atoms with Crippen molar-refractivity contribution in [2.45, 2.75) is 32.7 Å². The van der Waals surface area contributed by atoms with Crippen LogP contribution >= 0.6 is 28.3 Å². The molecule has 0 spiro atoms. The summed E-state index contributed by atoms with van der Waals surface area (Å²) >= 11 is 3.37. The Labute approximate surface area is 155 Å². The van der Waals surface area contributed by atoms with E-state index in [2.05, 4.69) is 44.7 Å². The minimum atomic E-state index is -4.69. The molecule has 0 aromatic heterocycles. The van der Waals surface area contributed by atoms with Crippen molar-refractivity contribution in [3.05, 3.63) is 28.2 Å². The van der Waals surface area contributed by atoms with Crippen LogP contribution in [-0.2, 0) is 0 Å². The summed E-state index contributed by atoms with van der Waals surface area (Å²) in [5, 5.41) is 3.28. The third kappa shape index (κ3) is 6.43. The Morgan fingerprint density at radius 1 is 1.25 bits per heavy atom. The molecule has 0 saturated carbocycles. The predicted octanol–water partition coefficient (Wildman–Crippen LogP) is 4.76. The highest BCUT2D eigenvalue weighted by atomic mass is 79.9. The minimum absolute atomic E-state index is 0. The molecule has 0 unspecified atom stereocenters. The average Bonchev–Trinajstić information content (AvgIpc) is 2.46. The molecule has 1 atom stereocenters. The highest BCUT2D eigenvalue weighted by molar-refractivity contribution is 9.10. The molecule has 1 aliphatic rings. The zero-order valence-corrected chi connectivity index (χ0v) is 16.1. The first-order valence-electron chi connectivity index (χ1n) is 7.76. The molecule has 1 aromatic rings. The van der Waals surface area contributed by atoms with Gasteiger partial charge < -0.3 is 10.1 Å². The van der Waals surface area contributed by atoms with Crippen LogP contribution in [-0.4, -0.2) is 37.4 Å². The van der Waals surface area contributed by atoms with E-state index < -0.39 is 6.36 Å². The number of piperazine rings is 1. The quantitative estimate of drug-likeness (QED) is 0.727. The molecule has 1 fully saturated rings. The van der Waals surface area contributed by atoms with Crippen LogP contribution in [0, 0.1) is 5.92 Å². The summed E-state index contributed by atoms with van der Waals surface area (Å²) in [5.41, 5.74) is 0.590. The van der Waals surface area contributed by atoms with E-state index in [-0.39, 0.29) is 24.2 Å². The van der Waals surface area contributed by atoms with E-state index in [4.69, 9.17) is 0 Å². The van der Waals surface area contributed by atoms with Crippen LogP contribution in [0.5, 0.6) is 5.75 Å². The van der Waals surface area contributed by atoms with E-state index in [1.54, 1.807) is 12.1 Å². The molecule has 1 saturated heterocycles. The number of halogens is 5. The third-order valence-electron chi connectivity index (χ3n) is 3.84. The normalized spacial score (nSPS) is 17.5. The molecule has 3 nitrogen and oxygen atoms in total. The topological polar surface area (TPSA) is 24.5 Å². The van der Waals surface area contributed by atoms with Crippen molar-refractivity contribution in [1.29, 1.82) is 0 Å². The van der Waals surface area contributed by atoms with E-state index in [1.807, 2.05) is 0 Å². The van der Waals surface area contributed by atoms with Gasteiger partial charge in [0, 0.05) is 42.3 Å². The molecule has 8 heteroatoms. The molecular formula is C16H23BrClF3N2O. The molecular weight excluding hydrogens is 409 g/mol. The van der Waals surface area contributed by atoms with Gasteiger partial charge in [-0.1, -0.05) is 29.8 Å². The van der Waals surface area contributed by atoms with Crippen LogP contribution in [0.15, 0.2) is 22.7 Å². The number of ether oxygens (including phenoxy) is 1. The van der Waals surface area contributed by atoms with Gasteiger partial charge in [-0.2, -0.15) is 0 Å². The van der Waals surface area contributed by atoms with Gasteiger partial charge >= 0.3 is 6.36 Å². The number of benzene rings is 1. The number of rotatable bonds is 5. The Morgan fingerprint density at radius 3 is 2.42 bits per heavy atom. The van der Waals surface area contributed by atoms with Gasteiger partial charge in [0.15, 0.2) is 0 Å². The van der Waals surface area contributed by atoms with Crippen LogP contribution < -0.4 is 10.1 Å². The van der Waals surface area contributed by atoms with Gasteiger partial charge in [-0.25, -0.2) is 0 Å². The highest BCUT2D eigenvalue weighted by Crippen LogP contribution is 2.38. The standard InChI is InChI=1S/C16H22BrF3N2O.ClH/c1-11(2)9-14(22-7-5-21-6-8-22)13-10-12(17)3-4-15(13)23-16(18,19)20;/h3-4,10-11,14,21H,5-9H2,1-2H3;1H/t14-;/m0./s1. The Bertz CT molecular complexity index is 523. The first kappa shape index (κ1) is 21.5. The predicted molar refractivity (Wildman–Crippen MR) is 94.7 cm³/mol. The van der Waals surface area contributed by atoms with Crippen molar-refractivity contribution in [2.75, 3.05) is 26.2 Å². The summed E-state index contributed by atoms with van der Waals surface area (Å²) < 4.78 is 43.2. The second kappa shape index (κ2) is 9.27. The van der Waals surface area contributed by atoms with Gasteiger partial charge in [-0.05, 0) is 30.5 Å². The fourth-order valence-corrected chi connectivity index (χ4v) is 3.29. The molecule has 1 N–H and O–H groups in total. The first-order valence-corrected chi connectivity index (χ1v) is 8.55. The monoisotopic (exact) mass is 430 g/mol. The van der Waals surface area contributed by atoms with Crippen LogP contribution in [0.3, 0.4) is 0 Å². The Kier molecular flexibility index (Phi) is 8.32. The summed E-state index contributed by atoms with van der Waals surface area (Å²) in [4.78, 5) is 2.24. The summed E-state index contributed by atoms with van der Waals surface area (Å²) in [6.07, 6.45) is -3.90. The van der Waals surface area contributed by atoms with Gasteiger partial charge in [-0.15, -0.1) is 25.6 Å². The van der Waals surface area contributed by atoms with Crippen molar-refractivity contribution in [2.24, 2.45) is 5.92 Å². The molecule has 0 amide bonds. The molecule has 138 valence electrons. The fraction of sp³-hybridized carbons (Fsp3) is 0.625. The Morgan fingerprint density at radius 2 is 1.88 bits per heavy atom. The lowest BCUT2D eigenvalue weighted by atomic mass is 9.94. The number of hydrogen-bond acceptors (Lipinski definition) is 3. The van der Waals surface area contributed by atoms with E-state index in [9.17, 15) is 13.2 Å². The zero-order chi connectivity index (χ0) is 17.0. The second-order valence-corrected chi connectivity index (χ2v) is 7.08. The maximum absolute atomic E-state index is 12.7. The summed E-state index contributed by atoms with van der Waals surface area (Å²) in [5.74, 6) is 0.262. The SMILES string of the molecule is CC(C)C[C@@H](c1cc(Br)ccc1OC(F)(F)F)N1CCNCC1.Cl. The lowest BCUT2D eigenvalue weighted by Gasteiger charge is -2.37. The van der Waals surface area contributed by atoms with Gasteiger partial charge in [-0.3, -0.25) is 4.90 Å². The van der Waals surface area contributed by atoms with Gasteiger partial charge in [0.05, 0.1) is 0 Å². The Balaban J connectivity index is 0.00000288. The van der Waals surface area contributed by atoms with E-state index in [0.29, 0.717) is 11.5 Å². The van der Waals surface area contributed by atoms with E-state index >= 15 is 0 Å². The van der Waals surface area contributed by atoms with Crippen LogP contribution in [0.4, 0.5) is 13.2 Å². The smallest absolute Gasteiger partial charge is 0.405 e. The van der Waals surface area contributed by atoms with Crippen LogP contribution in [0.1, 0.15) is 31.9 Å². The molecule has 2 rings (SSSR count). The molecule has 1 aromatic carbocycles. The molecule has 0 aliphatic carbocycles. The Hall–Kier alpha value is -0.500. The molecule has 0 bridgehead atoms. The van der Waals surface area contributed by atoms with Crippen molar-refractivity contribution < 1.29 is 17.9 Å². The summed E-state index contributed by atoms with van der Waals surface area (Å²) in [6.45, 7) is 7.48. The van der Waals surface area contributed by atoms with Crippen molar-refractivity contribution in [1.82, 2.24) is 10.2 Å². The number of nitrogens with one attached hydrogen (secondary N) is 1. The first-order chi connectivity index (χ1) is 10.8. The van der Waals surface area contributed by atoms with E-state index in [0.717, 1.165) is 37.1 Å². The molecule has 24 heavy (non-hydrogen) atoms. The van der Waals surface area contributed by atoms with Crippen molar-refractivity contribution >= 4 is 28.3 Å². The lowest BCUT2D eigenvalue weighted by molar-refractivity contribution is -0.275. The summed E-state index contributed by atoms with van der Waals surface area (Å²) in [7, 11) is 0. The van der Waals surface area contributed by atoms with E-state index in [1.165, 1.54) is 6.07 Å². The number of hydrogen-bond donors (Lipinski definition) is 1. The largest absolute Gasteiger partial charge is 0.573 e. The van der Waals surface area contributed by atoms with Crippen molar-refractivity contribution in [3.63, 3.8) is 0 Å². The fourth-order valence-electron chi connectivity index (χ4n) is 2.91. The zero-order valence-electron chi connectivity index (χ0n) is 13.7. The second-order valence-electron chi connectivity index (χ2n) is 6.16.